The van der Waals surface area contributed by atoms with E-state index in [-0.39, 0.29) is 5.97 Å². The summed E-state index contributed by atoms with van der Waals surface area (Å²) in [6.45, 7) is 8.20. The van der Waals surface area contributed by atoms with Crippen molar-refractivity contribution in [3.05, 3.63) is 0 Å². The van der Waals surface area contributed by atoms with Crippen LogP contribution in [-0.4, -0.2) is 35.5 Å². The van der Waals surface area contributed by atoms with Crippen molar-refractivity contribution in [1.29, 1.82) is 0 Å². The van der Waals surface area contributed by atoms with E-state index in [0.29, 0.717) is 26.1 Å². The van der Waals surface area contributed by atoms with E-state index in [1.165, 1.54) is 0 Å². The third-order valence-electron chi connectivity index (χ3n) is 2.92. The Kier molecular flexibility index (Phi) is 3.97. The summed E-state index contributed by atoms with van der Waals surface area (Å²) in [6, 6.07) is 0. The van der Waals surface area contributed by atoms with Crippen molar-refractivity contribution in [2.45, 2.75) is 51.7 Å². The van der Waals surface area contributed by atoms with Crippen molar-refractivity contribution in [3.8, 4) is 0 Å². The molecule has 0 radical (unpaired) electrons. The lowest BCUT2D eigenvalue weighted by Gasteiger charge is -2.37. The van der Waals surface area contributed by atoms with E-state index in [1.807, 2.05) is 20.8 Å². The minimum atomic E-state index is -0.972. The highest BCUT2D eigenvalue weighted by Gasteiger charge is 2.41. The van der Waals surface area contributed by atoms with E-state index >= 15 is 0 Å². The molecule has 4 nitrogen and oxygen atoms in total. The summed E-state index contributed by atoms with van der Waals surface area (Å²) in [7, 11) is 0. The second-order valence-corrected chi connectivity index (χ2v) is 5.47. The van der Waals surface area contributed by atoms with E-state index < -0.39 is 17.1 Å². The standard InChI is InChI=1S/C12H22O4/c1-9(10(13)16-11(2,3)4)12(14)5-7-15-8-6-12/h9,14H,5-8H2,1-4H3. The molecule has 1 N–H and O–H groups in total. The molecule has 1 aliphatic rings. The zero-order valence-corrected chi connectivity index (χ0v) is 10.6. The zero-order valence-electron chi connectivity index (χ0n) is 10.6. The van der Waals surface area contributed by atoms with Gasteiger partial charge in [-0.05, 0) is 27.7 Å². The summed E-state index contributed by atoms with van der Waals surface area (Å²) >= 11 is 0. The smallest absolute Gasteiger partial charge is 0.312 e. The van der Waals surface area contributed by atoms with Gasteiger partial charge in [-0.15, -0.1) is 0 Å². The van der Waals surface area contributed by atoms with Gasteiger partial charge < -0.3 is 14.6 Å². The largest absolute Gasteiger partial charge is 0.460 e. The first kappa shape index (κ1) is 13.5. The maximum atomic E-state index is 11.8. The van der Waals surface area contributed by atoms with Crippen molar-refractivity contribution in [2.24, 2.45) is 5.92 Å². The Morgan fingerprint density at radius 3 is 2.31 bits per heavy atom. The topological polar surface area (TPSA) is 55.8 Å². The van der Waals surface area contributed by atoms with E-state index in [2.05, 4.69) is 0 Å². The minimum Gasteiger partial charge on any atom is -0.460 e. The lowest BCUT2D eigenvalue weighted by atomic mass is 9.82. The SMILES string of the molecule is CC(C(=O)OC(C)(C)C)C1(O)CCOCC1. The van der Waals surface area contributed by atoms with Crippen molar-refractivity contribution < 1.29 is 19.4 Å². The van der Waals surface area contributed by atoms with E-state index in [9.17, 15) is 9.90 Å². The van der Waals surface area contributed by atoms with Crippen molar-refractivity contribution >= 4 is 5.97 Å². The van der Waals surface area contributed by atoms with Crippen LogP contribution in [0.2, 0.25) is 0 Å². The maximum absolute atomic E-state index is 11.8. The molecular weight excluding hydrogens is 208 g/mol. The van der Waals surface area contributed by atoms with E-state index in [4.69, 9.17) is 9.47 Å². The number of carbonyl (C=O) groups is 1. The molecule has 4 heteroatoms. The van der Waals surface area contributed by atoms with Gasteiger partial charge in [-0.25, -0.2) is 0 Å². The Labute approximate surface area is 96.9 Å². The Morgan fingerprint density at radius 2 is 1.88 bits per heavy atom. The quantitative estimate of drug-likeness (QED) is 0.730. The first-order valence-electron chi connectivity index (χ1n) is 5.78. The molecule has 0 aromatic heterocycles. The minimum absolute atomic E-state index is 0.336. The van der Waals surface area contributed by atoms with Crippen LogP contribution >= 0.6 is 0 Å². The predicted octanol–water partition coefficient (Wildman–Crippen LogP) is 1.51. The van der Waals surface area contributed by atoms with Crippen LogP contribution in [0.15, 0.2) is 0 Å². The number of ether oxygens (including phenoxy) is 2. The monoisotopic (exact) mass is 230 g/mol. The van der Waals surface area contributed by atoms with Gasteiger partial charge in [0.2, 0.25) is 0 Å². The van der Waals surface area contributed by atoms with Crippen LogP contribution in [0.5, 0.6) is 0 Å². The molecule has 0 amide bonds. The molecule has 1 heterocycles. The fourth-order valence-corrected chi connectivity index (χ4v) is 1.77. The van der Waals surface area contributed by atoms with Gasteiger partial charge in [0.1, 0.15) is 5.60 Å². The average molecular weight is 230 g/mol. The highest BCUT2D eigenvalue weighted by molar-refractivity contribution is 5.73. The Morgan fingerprint density at radius 1 is 1.38 bits per heavy atom. The van der Waals surface area contributed by atoms with Crippen molar-refractivity contribution in [2.75, 3.05) is 13.2 Å². The molecule has 1 atom stereocenters. The molecule has 0 aromatic carbocycles. The zero-order chi connectivity index (χ0) is 12.4. The molecule has 0 bridgehead atoms. The second-order valence-electron chi connectivity index (χ2n) is 5.47. The molecule has 0 spiro atoms. The van der Waals surface area contributed by atoms with Gasteiger partial charge in [0.25, 0.3) is 0 Å². The van der Waals surface area contributed by atoms with Crippen LogP contribution in [0.4, 0.5) is 0 Å². The number of esters is 1. The predicted molar refractivity (Wildman–Crippen MR) is 60.0 cm³/mol. The van der Waals surface area contributed by atoms with Crippen LogP contribution in [0.3, 0.4) is 0 Å². The lowest BCUT2D eigenvalue weighted by Crippen LogP contribution is -2.47. The molecule has 0 saturated carbocycles. The lowest BCUT2D eigenvalue weighted by molar-refractivity contribution is -0.175. The number of carbonyl (C=O) groups excluding carboxylic acids is 1. The van der Waals surface area contributed by atoms with Crippen LogP contribution in [0, 0.1) is 5.92 Å². The Bertz CT molecular complexity index is 248. The summed E-state index contributed by atoms with van der Waals surface area (Å²) in [5, 5.41) is 10.3. The summed E-state index contributed by atoms with van der Waals surface area (Å²) in [4.78, 5) is 11.8. The number of hydrogen-bond acceptors (Lipinski definition) is 4. The summed E-state index contributed by atoms with van der Waals surface area (Å²) in [5.74, 6) is -0.840. The Balaban J connectivity index is 2.61. The van der Waals surface area contributed by atoms with Gasteiger partial charge in [-0.1, -0.05) is 0 Å². The molecular formula is C12H22O4. The van der Waals surface area contributed by atoms with Crippen molar-refractivity contribution in [1.82, 2.24) is 0 Å². The normalized spacial score (nSPS) is 22.6. The number of hydrogen-bond donors (Lipinski definition) is 1. The van der Waals surface area contributed by atoms with Crippen LogP contribution in [0.25, 0.3) is 0 Å². The Hall–Kier alpha value is -0.610. The highest BCUT2D eigenvalue weighted by atomic mass is 16.6. The van der Waals surface area contributed by atoms with E-state index in [1.54, 1.807) is 6.92 Å². The first-order chi connectivity index (χ1) is 7.25. The third-order valence-corrected chi connectivity index (χ3v) is 2.92. The van der Waals surface area contributed by atoms with Crippen LogP contribution in [0.1, 0.15) is 40.5 Å². The molecule has 94 valence electrons. The molecule has 1 unspecified atom stereocenters. The fourth-order valence-electron chi connectivity index (χ4n) is 1.77. The highest BCUT2D eigenvalue weighted by Crippen LogP contribution is 2.30. The molecule has 0 aliphatic carbocycles. The molecule has 1 fully saturated rings. The van der Waals surface area contributed by atoms with Gasteiger partial charge in [-0.2, -0.15) is 0 Å². The summed E-state index contributed by atoms with van der Waals surface area (Å²) in [6.07, 6.45) is 0.987. The van der Waals surface area contributed by atoms with Crippen LogP contribution < -0.4 is 0 Å². The molecule has 1 rings (SSSR count). The molecule has 1 aliphatic heterocycles. The fraction of sp³-hybridized carbons (Fsp3) is 0.917. The molecule has 16 heavy (non-hydrogen) atoms. The average Bonchev–Trinajstić information content (AvgIpc) is 2.15. The summed E-state index contributed by atoms with van der Waals surface area (Å²) in [5.41, 5.74) is -1.48. The van der Waals surface area contributed by atoms with Gasteiger partial charge in [0.05, 0.1) is 11.5 Å². The van der Waals surface area contributed by atoms with Gasteiger partial charge in [-0.3, -0.25) is 4.79 Å². The van der Waals surface area contributed by atoms with Crippen LogP contribution in [-0.2, 0) is 14.3 Å². The van der Waals surface area contributed by atoms with Gasteiger partial charge in [0.15, 0.2) is 0 Å². The van der Waals surface area contributed by atoms with Gasteiger partial charge >= 0.3 is 5.97 Å². The number of aliphatic hydroxyl groups is 1. The third kappa shape index (κ3) is 3.46. The second kappa shape index (κ2) is 4.72. The molecule has 1 saturated heterocycles. The first-order valence-corrected chi connectivity index (χ1v) is 5.78. The van der Waals surface area contributed by atoms with Gasteiger partial charge in [0, 0.05) is 26.1 Å². The summed E-state index contributed by atoms with van der Waals surface area (Å²) < 4.78 is 10.5. The molecule has 0 aromatic rings. The maximum Gasteiger partial charge on any atom is 0.312 e. The number of rotatable bonds is 2. The van der Waals surface area contributed by atoms with Crippen molar-refractivity contribution in [3.63, 3.8) is 0 Å². The van der Waals surface area contributed by atoms with E-state index in [0.717, 1.165) is 0 Å².